The van der Waals surface area contributed by atoms with E-state index in [4.69, 9.17) is 11.6 Å². The van der Waals surface area contributed by atoms with Crippen LogP contribution in [0.1, 0.15) is 24.6 Å². The van der Waals surface area contributed by atoms with Crippen molar-refractivity contribution in [3.63, 3.8) is 0 Å². The summed E-state index contributed by atoms with van der Waals surface area (Å²) in [6.07, 6.45) is 1.27. The van der Waals surface area contributed by atoms with Gasteiger partial charge in [0, 0.05) is 24.7 Å². The number of aromatic nitrogens is 1. The minimum atomic E-state index is 0.569. The van der Waals surface area contributed by atoms with Crippen LogP contribution in [-0.2, 0) is 5.88 Å². The van der Waals surface area contributed by atoms with Gasteiger partial charge in [0.05, 0.1) is 0 Å². The monoisotopic (exact) mass is 224 g/mol. The summed E-state index contributed by atoms with van der Waals surface area (Å²) in [6.45, 7) is 6.56. The Labute approximate surface area is 96.3 Å². The minimum absolute atomic E-state index is 0.569. The molecule has 0 saturated carbocycles. The molecule has 0 radical (unpaired) electrons. The van der Waals surface area contributed by atoms with Crippen molar-refractivity contribution in [3.05, 3.63) is 23.4 Å². The number of halogens is 1. The molecule has 1 atom stereocenters. The summed E-state index contributed by atoms with van der Waals surface area (Å²) >= 11 is 5.86. The predicted octanol–water partition coefficient (Wildman–Crippen LogP) is 2.98. The number of rotatable bonds is 2. The van der Waals surface area contributed by atoms with Gasteiger partial charge in [0.2, 0.25) is 0 Å². The van der Waals surface area contributed by atoms with E-state index >= 15 is 0 Å². The second kappa shape index (κ2) is 4.40. The number of alkyl halides is 1. The Morgan fingerprint density at radius 3 is 2.93 bits per heavy atom. The lowest BCUT2D eigenvalue weighted by Crippen LogP contribution is -2.20. The molecule has 0 aromatic carbocycles. The van der Waals surface area contributed by atoms with Gasteiger partial charge in [-0.3, -0.25) is 0 Å². The quantitative estimate of drug-likeness (QED) is 0.718. The topological polar surface area (TPSA) is 16.1 Å². The van der Waals surface area contributed by atoms with E-state index in [1.54, 1.807) is 0 Å². The van der Waals surface area contributed by atoms with Crippen molar-refractivity contribution in [2.24, 2.45) is 5.92 Å². The number of pyridine rings is 1. The van der Waals surface area contributed by atoms with Crippen molar-refractivity contribution in [1.82, 2.24) is 4.98 Å². The van der Waals surface area contributed by atoms with E-state index < -0.39 is 0 Å². The molecule has 15 heavy (non-hydrogen) atoms. The normalized spacial score (nSPS) is 21.0. The molecule has 82 valence electrons. The lowest BCUT2D eigenvalue weighted by atomic mass is 10.2. The molecule has 0 bridgehead atoms. The first-order valence-corrected chi connectivity index (χ1v) is 6.01. The van der Waals surface area contributed by atoms with Crippen LogP contribution in [0.4, 0.5) is 5.82 Å². The van der Waals surface area contributed by atoms with Crippen LogP contribution in [0.15, 0.2) is 12.1 Å². The third-order valence-electron chi connectivity index (χ3n) is 2.90. The first-order chi connectivity index (χ1) is 7.19. The Kier molecular flexibility index (Phi) is 3.15. The van der Waals surface area contributed by atoms with Crippen LogP contribution in [0, 0.1) is 12.8 Å². The summed E-state index contributed by atoms with van der Waals surface area (Å²) < 4.78 is 0. The van der Waals surface area contributed by atoms with Gasteiger partial charge < -0.3 is 4.90 Å². The van der Waals surface area contributed by atoms with Crippen molar-refractivity contribution in [2.75, 3.05) is 18.0 Å². The third kappa shape index (κ3) is 2.43. The zero-order valence-corrected chi connectivity index (χ0v) is 10.1. The molecule has 1 aromatic rings. The molecule has 1 fully saturated rings. The Balaban J connectivity index is 2.24. The highest BCUT2D eigenvalue weighted by molar-refractivity contribution is 6.17. The van der Waals surface area contributed by atoms with Crippen LogP contribution < -0.4 is 4.90 Å². The molecule has 2 nitrogen and oxygen atoms in total. The van der Waals surface area contributed by atoms with E-state index in [1.807, 2.05) is 6.92 Å². The first-order valence-electron chi connectivity index (χ1n) is 5.47. The van der Waals surface area contributed by atoms with Gasteiger partial charge in [0.1, 0.15) is 5.82 Å². The van der Waals surface area contributed by atoms with Crippen LogP contribution in [-0.4, -0.2) is 18.1 Å². The fourth-order valence-electron chi connectivity index (χ4n) is 2.10. The highest BCUT2D eigenvalue weighted by Gasteiger charge is 2.20. The second-order valence-corrected chi connectivity index (χ2v) is 4.72. The van der Waals surface area contributed by atoms with E-state index in [0.717, 1.165) is 30.5 Å². The molecular formula is C12H17ClN2. The van der Waals surface area contributed by atoms with Crippen molar-refractivity contribution in [3.8, 4) is 0 Å². The minimum Gasteiger partial charge on any atom is -0.356 e. The molecule has 0 N–H and O–H groups in total. The molecule has 1 aliphatic rings. The Morgan fingerprint density at radius 1 is 1.53 bits per heavy atom. The summed E-state index contributed by atoms with van der Waals surface area (Å²) in [5.41, 5.74) is 2.22. The number of aryl methyl sites for hydroxylation is 1. The molecule has 2 heterocycles. The standard InChI is InChI=1S/C12H17ClN2/c1-9-3-4-15(8-9)12-6-11(7-13)5-10(2)14-12/h5-6,9H,3-4,7-8H2,1-2H3. The van der Waals surface area contributed by atoms with E-state index in [1.165, 1.54) is 12.0 Å². The molecule has 0 spiro atoms. The zero-order valence-electron chi connectivity index (χ0n) is 9.33. The number of anilines is 1. The molecule has 1 aliphatic heterocycles. The fourth-order valence-corrected chi connectivity index (χ4v) is 2.26. The van der Waals surface area contributed by atoms with Gasteiger partial charge in [0.25, 0.3) is 0 Å². The average molecular weight is 225 g/mol. The first kappa shape index (κ1) is 10.7. The Morgan fingerprint density at radius 2 is 2.33 bits per heavy atom. The maximum atomic E-state index is 5.86. The molecule has 0 amide bonds. The summed E-state index contributed by atoms with van der Waals surface area (Å²) in [7, 11) is 0. The lowest BCUT2D eigenvalue weighted by molar-refractivity contribution is 0.659. The predicted molar refractivity (Wildman–Crippen MR) is 64.5 cm³/mol. The second-order valence-electron chi connectivity index (χ2n) is 4.45. The SMILES string of the molecule is Cc1cc(CCl)cc(N2CCC(C)C2)n1. The van der Waals surface area contributed by atoms with Gasteiger partial charge in [-0.1, -0.05) is 6.92 Å². The zero-order chi connectivity index (χ0) is 10.8. The van der Waals surface area contributed by atoms with Crippen molar-refractivity contribution in [1.29, 1.82) is 0 Å². The largest absolute Gasteiger partial charge is 0.356 e. The van der Waals surface area contributed by atoms with Crippen LogP contribution in [0.25, 0.3) is 0 Å². The Hall–Kier alpha value is -0.760. The van der Waals surface area contributed by atoms with Crippen molar-refractivity contribution >= 4 is 17.4 Å². The summed E-state index contributed by atoms with van der Waals surface area (Å²) in [5.74, 6) is 2.45. The van der Waals surface area contributed by atoms with Crippen molar-refractivity contribution in [2.45, 2.75) is 26.1 Å². The summed E-state index contributed by atoms with van der Waals surface area (Å²) in [6, 6.07) is 4.16. The average Bonchev–Trinajstić information content (AvgIpc) is 2.64. The van der Waals surface area contributed by atoms with E-state index in [-0.39, 0.29) is 0 Å². The molecule has 1 aromatic heterocycles. The number of hydrogen-bond donors (Lipinski definition) is 0. The van der Waals surface area contributed by atoms with E-state index in [2.05, 4.69) is 28.9 Å². The number of nitrogens with zero attached hydrogens (tertiary/aromatic N) is 2. The molecule has 1 unspecified atom stereocenters. The lowest BCUT2D eigenvalue weighted by Gasteiger charge is -2.18. The van der Waals surface area contributed by atoms with Gasteiger partial charge in [-0.25, -0.2) is 4.98 Å². The van der Waals surface area contributed by atoms with Crippen molar-refractivity contribution < 1.29 is 0 Å². The fraction of sp³-hybridized carbons (Fsp3) is 0.583. The van der Waals surface area contributed by atoms with Gasteiger partial charge in [-0.2, -0.15) is 0 Å². The maximum Gasteiger partial charge on any atom is 0.129 e. The van der Waals surface area contributed by atoms with Crippen LogP contribution in [0.3, 0.4) is 0 Å². The highest BCUT2D eigenvalue weighted by atomic mass is 35.5. The highest BCUT2D eigenvalue weighted by Crippen LogP contribution is 2.23. The number of hydrogen-bond acceptors (Lipinski definition) is 2. The molecule has 0 aliphatic carbocycles. The molecule has 2 rings (SSSR count). The van der Waals surface area contributed by atoms with Gasteiger partial charge >= 0.3 is 0 Å². The van der Waals surface area contributed by atoms with Gasteiger partial charge in [-0.15, -0.1) is 11.6 Å². The summed E-state index contributed by atoms with van der Waals surface area (Å²) in [5, 5.41) is 0. The van der Waals surface area contributed by atoms with E-state index in [0.29, 0.717) is 5.88 Å². The molecular weight excluding hydrogens is 208 g/mol. The molecule has 1 saturated heterocycles. The van der Waals surface area contributed by atoms with E-state index in [9.17, 15) is 0 Å². The van der Waals surface area contributed by atoms with Gasteiger partial charge in [-0.05, 0) is 37.0 Å². The van der Waals surface area contributed by atoms with Crippen LogP contribution in [0.2, 0.25) is 0 Å². The smallest absolute Gasteiger partial charge is 0.129 e. The summed E-state index contributed by atoms with van der Waals surface area (Å²) in [4.78, 5) is 6.92. The van der Waals surface area contributed by atoms with Gasteiger partial charge in [0.15, 0.2) is 0 Å². The Bertz CT molecular complexity index is 351. The third-order valence-corrected chi connectivity index (χ3v) is 3.21. The molecule has 3 heteroatoms. The maximum absolute atomic E-state index is 5.86. The van der Waals surface area contributed by atoms with Crippen LogP contribution in [0.5, 0.6) is 0 Å². The van der Waals surface area contributed by atoms with Crippen LogP contribution >= 0.6 is 11.6 Å².